The van der Waals surface area contributed by atoms with E-state index in [0.29, 0.717) is 12.3 Å². The quantitative estimate of drug-likeness (QED) is 0.656. The first-order chi connectivity index (χ1) is 7.94. The summed E-state index contributed by atoms with van der Waals surface area (Å²) in [5, 5.41) is 25.6. The van der Waals surface area contributed by atoms with Crippen molar-refractivity contribution in [2.24, 2.45) is 0 Å². The summed E-state index contributed by atoms with van der Waals surface area (Å²) in [6.45, 7) is 2.61. The molecule has 98 valence electrons. The van der Waals surface area contributed by atoms with Crippen LogP contribution in [0.25, 0.3) is 0 Å². The molecule has 0 aliphatic carbocycles. The van der Waals surface area contributed by atoms with E-state index in [1.165, 1.54) is 0 Å². The zero-order valence-electron chi connectivity index (χ0n) is 10.7. The van der Waals surface area contributed by atoms with Crippen molar-refractivity contribution in [3.8, 4) is 5.88 Å². The smallest absolute Gasteiger partial charge is 0.153 e. The van der Waals surface area contributed by atoms with E-state index in [1.807, 2.05) is 0 Å². The minimum Gasteiger partial charge on any atom is -0.856 e. The Morgan fingerprint density at radius 3 is 2.65 bits per heavy atom. The van der Waals surface area contributed by atoms with Crippen molar-refractivity contribution in [2.75, 3.05) is 40.8 Å². The fraction of sp³-hybridized carbons (Fsp3) is 0.727. The molecule has 0 spiro atoms. The van der Waals surface area contributed by atoms with Crippen LogP contribution in [0.4, 0.5) is 0 Å². The van der Waals surface area contributed by atoms with E-state index in [9.17, 15) is 5.11 Å². The van der Waals surface area contributed by atoms with Crippen LogP contribution in [0.1, 0.15) is 11.3 Å². The van der Waals surface area contributed by atoms with Gasteiger partial charge in [-0.05, 0) is 13.0 Å². The van der Waals surface area contributed by atoms with Crippen LogP contribution in [0.15, 0.2) is 4.52 Å². The predicted molar refractivity (Wildman–Crippen MR) is 61.3 cm³/mol. The molecule has 17 heavy (non-hydrogen) atoms. The first-order valence-electron chi connectivity index (χ1n) is 5.70. The Morgan fingerprint density at radius 1 is 1.47 bits per heavy atom. The summed E-state index contributed by atoms with van der Waals surface area (Å²) in [5.41, 5.74) is 0.749. The van der Waals surface area contributed by atoms with Crippen LogP contribution in [-0.2, 0) is 13.0 Å². The van der Waals surface area contributed by atoms with Crippen LogP contribution in [0.3, 0.4) is 0 Å². The number of rotatable bonds is 2. The second-order valence-corrected chi connectivity index (χ2v) is 5.05. The van der Waals surface area contributed by atoms with Crippen LogP contribution in [0.2, 0.25) is 0 Å². The topological polar surface area (TPSA) is 81.3 Å². The lowest BCUT2D eigenvalue weighted by molar-refractivity contribution is -0.870. The Labute approximate surface area is 101 Å². The van der Waals surface area contributed by atoms with Crippen molar-refractivity contribution in [1.82, 2.24) is 10.5 Å². The molecule has 6 heteroatoms. The largest absolute Gasteiger partial charge is 0.856 e. The maximum Gasteiger partial charge on any atom is 0.153 e. The predicted octanol–water partition coefficient (Wildman–Crippen LogP) is -0.921. The zero-order chi connectivity index (χ0) is 12.9. The summed E-state index contributed by atoms with van der Waals surface area (Å²) >= 11 is 0. The van der Waals surface area contributed by atoms with Crippen molar-refractivity contribution in [2.45, 2.75) is 13.0 Å². The normalized spacial score (nSPS) is 14.8. The van der Waals surface area contributed by atoms with E-state index >= 15 is 0 Å². The van der Waals surface area contributed by atoms with Crippen LogP contribution < -0.4 is 10.4 Å². The fourth-order valence-electron chi connectivity index (χ4n) is 1.43. The standard InChI is InChI=1S/C6H8N2O2.C5H14NO/c9-6-4-1-2-7-3-5(4)10-8-6;1-6(2,3)4-5-7/h7H,1-3H2,(H,8,9);7H,4-5H2,1-3H3/q;+1/p-1. The van der Waals surface area contributed by atoms with Gasteiger partial charge < -0.3 is 24.5 Å². The van der Waals surface area contributed by atoms with E-state index in [4.69, 9.17) is 9.63 Å². The Hall–Kier alpha value is -1.11. The second kappa shape index (κ2) is 6.00. The minimum atomic E-state index is -0.198. The van der Waals surface area contributed by atoms with Crippen molar-refractivity contribution in [3.63, 3.8) is 0 Å². The number of hydrogen-bond acceptors (Lipinski definition) is 5. The lowest BCUT2D eigenvalue weighted by atomic mass is 10.1. The van der Waals surface area contributed by atoms with Crippen LogP contribution in [0, 0.1) is 0 Å². The Balaban J connectivity index is 0.000000185. The van der Waals surface area contributed by atoms with Gasteiger partial charge in [0.2, 0.25) is 0 Å². The fourth-order valence-corrected chi connectivity index (χ4v) is 1.43. The molecule has 0 unspecified atom stereocenters. The van der Waals surface area contributed by atoms with E-state index in [1.54, 1.807) is 0 Å². The number of hydrogen-bond donors (Lipinski definition) is 2. The number of quaternary nitrogens is 1. The number of aliphatic hydroxyl groups excluding tert-OH is 1. The molecule has 1 aliphatic rings. The van der Waals surface area contributed by atoms with E-state index in [-0.39, 0.29) is 12.5 Å². The summed E-state index contributed by atoms with van der Waals surface area (Å²) in [4.78, 5) is 0. The third-order valence-corrected chi connectivity index (χ3v) is 2.44. The SMILES string of the molecule is C[N+](C)(C)CCO.[O-]c1noc2c1CCNC2. The molecule has 0 saturated heterocycles. The molecule has 1 aromatic rings. The molecule has 6 nitrogen and oxygen atoms in total. The van der Waals surface area contributed by atoms with Gasteiger partial charge in [0.1, 0.15) is 6.54 Å². The van der Waals surface area contributed by atoms with E-state index in [2.05, 4.69) is 31.6 Å². The zero-order valence-corrected chi connectivity index (χ0v) is 10.7. The molecule has 2 heterocycles. The lowest BCUT2D eigenvalue weighted by Crippen LogP contribution is -2.36. The second-order valence-electron chi connectivity index (χ2n) is 5.05. The molecular weight excluding hydrogens is 222 g/mol. The molecule has 2 rings (SSSR count). The molecular formula is C11H21N3O3. The first kappa shape index (κ1) is 14.0. The average molecular weight is 243 g/mol. The maximum absolute atomic E-state index is 10.8. The lowest BCUT2D eigenvalue weighted by Gasteiger charge is -2.21. The van der Waals surface area contributed by atoms with Crippen molar-refractivity contribution < 1.29 is 19.2 Å². The molecule has 0 fully saturated rings. The molecule has 1 aromatic heterocycles. The van der Waals surface area contributed by atoms with Gasteiger partial charge in [0.25, 0.3) is 0 Å². The first-order valence-corrected chi connectivity index (χ1v) is 5.70. The Kier molecular flexibility index (Phi) is 4.92. The summed E-state index contributed by atoms with van der Waals surface area (Å²) in [6.07, 6.45) is 0.748. The molecule has 0 amide bonds. The summed E-state index contributed by atoms with van der Waals surface area (Å²) in [7, 11) is 6.16. The maximum atomic E-state index is 10.8. The van der Waals surface area contributed by atoms with Gasteiger partial charge >= 0.3 is 0 Å². The van der Waals surface area contributed by atoms with Gasteiger partial charge in [-0.3, -0.25) is 0 Å². The average Bonchev–Trinajstić information content (AvgIpc) is 2.61. The highest BCUT2D eigenvalue weighted by Gasteiger charge is 2.13. The summed E-state index contributed by atoms with van der Waals surface area (Å²) in [5.74, 6) is 0.507. The number of fused-ring (bicyclic) bond motifs is 1. The molecule has 0 aromatic carbocycles. The number of nitrogens with zero attached hydrogens (tertiary/aromatic N) is 2. The number of nitrogens with one attached hydrogen (secondary N) is 1. The third-order valence-electron chi connectivity index (χ3n) is 2.44. The van der Waals surface area contributed by atoms with Gasteiger partial charge in [-0.1, -0.05) is 5.16 Å². The van der Waals surface area contributed by atoms with Crippen molar-refractivity contribution in [1.29, 1.82) is 0 Å². The van der Waals surface area contributed by atoms with Gasteiger partial charge in [0.05, 0.1) is 34.3 Å². The highest BCUT2D eigenvalue weighted by atomic mass is 16.5. The molecule has 0 bridgehead atoms. The highest BCUT2D eigenvalue weighted by molar-refractivity contribution is 5.27. The Morgan fingerprint density at radius 2 is 2.18 bits per heavy atom. The molecule has 0 atom stereocenters. The van der Waals surface area contributed by atoms with E-state index < -0.39 is 0 Å². The highest BCUT2D eigenvalue weighted by Crippen LogP contribution is 2.19. The van der Waals surface area contributed by atoms with Gasteiger partial charge in [-0.2, -0.15) is 0 Å². The molecule has 2 N–H and O–H groups in total. The molecule has 0 radical (unpaired) electrons. The van der Waals surface area contributed by atoms with Gasteiger partial charge in [0.15, 0.2) is 5.76 Å². The molecule has 0 saturated carbocycles. The number of aromatic nitrogens is 1. The van der Waals surface area contributed by atoms with Crippen LogP contribution in [0.5, 0.6) is 5.88 Å². The monoisotopic (exact) mass is 243 g/mol. The van der Waals surface area contributed by atoms with Crippen LogP contribution in [-0.4, -0.2) is 55.6 Å². The van der Waals surface area contributed by atoms with Gasteiger partial charge in [-0.15, -0.1) is 0 Å². The summed E-state index contributed by atoms with van der Waals surface area (Å²) in [6, 6.07) is 0. The Bertz CT molecular complexity index is 344. The van der Waals surface area contributed by atoms with Crippen LogP contribution >= 0.6 is 0 Å². The molecule has 1 aliphatic heterocycles. The van der Waals surface area contributed by atoms with Gasteiger partial charge in [-0.25, -0.2) is 0 Å². The minimum absolute atomic E-state index is 0.198. The van der Waals surface area contributed by atoms with Gasteiger partial charge in [0, 0.05) is 11.4 Å². The third kappa shape index (κ3) is 4.72. The number of aliphatic hydroxyl groups is 1. The number of likely N-dealkylation sites (N-methyl/N-ethyl adjacent to an activating group) is 1. The van der Waals surface area contributed by atoms with Crippen molar-refractivity contribution in [3.05, 3.63) is 11.3 Å². The van der Waals surface area contributed by atoms with Crippen molar-refractivity contribution >= 4 is 0 Å². The van der Waals surface area contributed by atoms with E-state index in [0.717, 1.165) is 29.6 Å². The summed E-state index contributed by atoms with van der Waals surface area (Å²) < 4.78 is 5.61.